The summed E-state index contributed by atoms with van der Waals surface area (Å²) in [6.45, 7) is 2.24. The van der Waals surface area contributed by atoms with Gasteiger partial charge in [0.2, 0.25) is 5.56 Å². The number of H-pyrrole nitrogens is 1. The normalized spacial score (nSPS) is 24.3. The lowest BCUT2D eigenvalue weighted by molar-refractivity contribution is 0.0923. The third-order valence-electron chi connectivity index (χ3n) is 3.39. The van der Waals surface area contributed by atoms with E-state index in [0.717, 1.165) is 18.8 Å². The van der Waals surface area contributed by atoms with Crippen molar-refractivity contribution in [1.29, 1.82) is 0 Å². The topological polar surface area (TPSA) is 62.0 Å². The predicted molar refractivity (Wildman–Crippen MR) is 65.9 cm³/mol. The van der Waals surface area contributed by atoms with Crippen molar-refractivity contribution in [3.8, 4) is 0 Å². The summed E-state index contributed by atoms with van der Waals surface area (Å²) in [5.74, 6) is 0.623. The third-order valence-corrected chi connectivity index (χ3v) is 3.39. The van der Waals surface area contributed by atoms with E-state index in [1.54, 1.807) is 6.07 Å². The van der Waals surface area contributed by atoms with E-state index < -0.39 is 0 Å². The first-order valence-electron chi connectivity index (χ1n) is 6.15. The number of rotatable bonds is 2. The Morgan fingerprint density at radius 2 is 2.06 bits per heavy atom. The van der Waals surface area contributed by atoms with Gasteiger partial charge in [-0.15, -0.1) is 0 Å². The van der Waals surface area contributed by atoms with E-state index in [-0.39, 0.29) is 17.5 Å². The van der Waals surface area contributed by atoms with E-state index in [1.165, 1.54) is 25.1 Å². The maximum absolute atomic E-state index is 11.9. The fraction of sp³-hybridized carbons (Fsp3) is 0.538. The molecule has 4 heteroatoms. The van der Waals surface area contributed by atoms with Crippen LogP contribution in [0.25, 0.3) is 0 Å². The zero-order valence-electron chi connectivity index (χ0n) is 10.0. The Morgan fingerprint density at radius 3 is 2.71 bits per heavy atom. The van der Waals surface area contributed by atoms with Gasteiger partial charge < -0.3 is 10.3 Å². The molecule has 2 rings (SSSR count). The standard InChI is InChI=1S/C13H18N2O2/c1-9-2-4-11(5-3-9)15-13(17)10-6-7-14-12(16)8-10/h6-9,11H,2-5H2,1H3,(H,14,16)(H,15,17). The highest BCUT2D eigenvalue weighted by molar-refractivity contribution is 5.94. The quantitative estimate of drug-likeness (QED) is 0.818. The number of hydrogen-bond donors (Lipinski definition) is 2. The fourth-order valence-corrected chi connectivity index (χ4v) is 2.26. The highest BCUT2D eigenvalue weighted by atomic mass is 16.2. The van der Waals surface area contributed by atoms with Crippen LogP contribution in [0.4, 0.5) is 0 Å². The van der Waals surface area contributed by atoms with Crippen molar-refractivity contribution in [2.24, 2.45) is 5.92 Å². The van der Waals surface area contributed by atoms with Crippen LogP contribution < -0.4 is 10.9 Å². The van der Waals surface area contributed by atoms with Gasteiger partial charge in [-0.05, 0) is 37.7 Å². The second kappa shape index (κ2) is 5.17. The lowest BCUT2D eigenvalue weighted by Gasteiger charge is -2.26. The maximum atomic E-state index is 11.9. The Labute approximate surface area is 100 Å². The SMILES string of the molecule is CC1CCC(NC(=O)c2cc[nH]c(=O)c2)CC1. The van der Waals surface area contributed by atoms with E-state index in [4.69, 9.17) is 0 Å². The molecule has 0 atom stereocenters. The van der Waals surface area contributed by atoms with Crippen molar-refractivity contribution in [3.05, 3.63) is 34.2 Å². The Hall–Kier alpha value is -1.58. The second-order valence-electron chi connectivity index (χ2n) is 4.87. The number of amides is 1. The predicted octanol–water partition coefficient (Wildman–Crippen LogP) is 1.68. The van der Waals surface area contributed by atoms with E-state index in [9.17, 15) is 9.59 Å². The molecule has 0 saturated heterocycles. The Balaban J connectivity index is 1.95. The smallest absolute Gasteiger partial charge is 0.251 e. The fourth-order valence-electron chi connectivity index (χ4n) is 2.26. The molecule has 2 N–H and O–H groups in total. The van der Waals surface area contributed by atoms with E-state index in [1.807, 2.05) is 0 Å². The molecule has 1 fully saturated rings. The number of nitrogens with one attached hydrogen (secondary N) is 2. The molecule has 1 aliphatic rings. The van der Waals surface area contributed by atoms with Crippen LogP contribution in [0.5, 0.6) is 0 Å². The number of pyridine rings is 1. The van der Waals surface area contributed by atoms with E-state index in [2.05, 4.69) is 17.2 Å². The summed E-state index contributed by atoms with van der Waals surface area (Å²) in [6.07, 6.45) is 5.91. The molecule has 0 radical (unpaired) electrons. The number of carbonyl (C=O) groups is 1. The minimum atomic E-state index is -0.241. The van der Waals surface area contributed by atoms with Crippen molar-refractivity contribution in [2.75, 3.05) is 0 Å². The summed E-state index contributed by atoms with van der Waals surface area (Å²) in [5.41, 5.74) is 0.197. The van der Waals surface area contributed by atoms with Crippen LogP contribution in [-0.4, -0.2) is 16.9 Å². The highest BCUT2D eigenvalue weighted by Gasteiger charge is 2.20. The van der Waals surface area contributed by atoms with Gasteiger partial charge in [0.1, 0.15) is 0 Å². The van der Waals surface area contributed by atoms with Crippen LogP contribution in [0.15, 0.2) is 23.1 Å². The molecule has 0 spiro atoms. The van der Waals surface area contributed by atoms with Crippen LogP contribution in [-0.2, 0) is 0 Å². The summed E-state index contributed by atoms with van der Waals surface area (Å²) in [5, 5.41) is 2.99. The lowest BCUT2D eigenvalue weighted by atomic mass is 9.87. The Bertz CT molecular complexity index is 445. The summed E-state index contributed by atoms with van der Waals surface area (Å²) in [6, 6.07) is 3.22. The first kappa shape index (κ1) is 11.9. The van der Waals surface area contributed by atoms with E-state index >= 15 is 0 Å². The maximum Gasteiger partial charge on any atom is 0.251 e. The summed E-state index contributed by atoms with van der Waals surface area (Å²) < 4.78 is 0. The van der Waals surface area contributed by atoms with Gasteiger partial charge in [0, 0.05) is 23.9 Å². The molecule has 17 heavy (non-hydrogen) atoms. The largest absolute Gasteiger partial charge is 0.349 e. The zero-order chi connectivity index (χ0) is 12.3. The van der Waals surface area contributed by atoms with E-state index in [0.29, 0.717) is 5.56 Å². The number of carbonyl (C=O) groups excluding carboxylic acids is 1. The number of aromatic amines is 1. The molecule has 0 bridgehead atoms. The average Bonchev–Trinajstić information content (AvgIpc) is 2.32. The minimum Gasteiger partial charge on any atom is -0.349 e. The highest BCUT2D eigenvalue weighted by Crippen LogP contribution is 2.23. The van der Waals surface area contributed by atoms with Crippen LogP contribution >= 0.6 is 0 Å². The second-order valence-corrected chi connectivity index (χ2v) is 4.87. The first-order valence-corrected chi connectivity index (χ1v) is 6.15. The zero-order valence-corrected chi connectivity index (χ0v) is 10.0. The molecule has 1 aliphatic carbocycles. The number of aromatic nitrogens is 1. The molecule has 1 saturated carbocycles. The van der Waals surface area contributed by atoms with Gasteiger partial charge in [-0.3, -0.25) is 9.59 Å². The van der Waals surface area contributed by atoms with Gasteiger partial charge in [0.05, 0.1) is 0 Å². The average molecular weight is 234 g/mol. The van der Waals surface area contributed by atoms with Gasteiger partial charge in [0.25, 0.3) is 5.91 Å². The van der Waals surface area contributed by atoms with Gasteiger partial charge in [-0.1, -0.05) is 6.92 Å². The van der Waals surface area contributed by atoms with Crippen LogP contribution in [0, 0.1) is 5.92 Å². The summed E-state index contributed by atoms with van der Waals surface area (Å²) in [7, 11) is 0. The molecule has 4 nitrogen and oxygen atoms in total. The lowest BCUT2D eigenvalue weighted by Crippen LogP contribution is -2.37. The van der Waals surface area contributed by atoms with Crippen molar-refractivity contribution in [3.63, 3.8) is 0 Å². The monoisotopic (exact) mass is 234 g/mol. The molecular formula is C13H18N2O2. The number of hydrogen-bond acceptors (Lipinski definition) is 2. The molecule has 1 aromatic heterocycles. The van der Waals surface area contributed by atoms with Gasteiger partial charge in [-0.2, -0.15) is 0 Å². The molecule has 1 aromatic rings. The van der Waals surface area contributed by atoms with Crippen molar-refractivity contribution in [2.45, 2.75) is 38.6 Å². The third kappa shape index (κ3) is 3.19. The van der Waals surface area contributed by atoms with Crippen LogP contribution in [0.3, 0.4) is 0 Å². The summed E-state index contributed by atoms with van der Waals surface area (Å²) in [4.78, 5) is 25.5. The minimum absolute atomic E-state index is 0.143. The Kier molecular flexibility index (Phi) is 3.61. The molecule has 0 aromatic carbocycles. The Morgan fingerprint density at radius 1 is 1.35 bits per heavy atom. The van der Waals surface area contributed by atoms with Gasteiger partial charge in [-0.25, -0.2) is 0 Å². The van der Waals surface area contributed by atoms with Crippen molar-refractivity contribution < 1.29 is 4.79 Å². The van der Waals surface area contributed by atoms with Gasteiger partial charge >= 0.3 is 0 Å². The molecule has 1 heterocycles. The molecule has 0 aliphatic heterocycles. The molecule has 1 amide bonds. The van der Waals surface area contributed by atoms with Gasteiger partial charge in [0.15, 0.2) is 0 Å². The molecule has 0 unspecified atom stereocenters. The molecule has 92 valence electrons. The van der Waals surface area contributed by atoms with Crippen LogP contribution in [0.1, 0.15) is 43.0 Å². The summed E-state index contributed by atoms with van der Waals surface area (Å²) >= 11 is 0. The first-order chi connectivity index (χ1) is 8.15. The van der Waals surface area contributed by atoms with Crippen molar-refractivity contribution >= 4 is 5.91 Å². The molecular weight excluding hydrogens is 216 g/mol. The van der Waals surface area contributed by atoms with Crippen molar-refractivity contribution in [1.82, 2.24) is 10.3 Å². The van der Waals surface area contributed by atoms with Crippen LogP contribution in [0.2, 0.25) is 0 Å².